The quantitative estimate of drug-likeness (QED) is 0.455. The van der Waals surface area contributed by atoms with Crippen molar-refractivity contribution in [1.29, 1.82) is 0 Å². The van der Waals surface area contributed by atoms with Gasteiger partial charge in [0.25, 0.3) is 0 Å². The fourth-order valence-corrected chi connectivity index (χ4v) is 2.33. The van der Waals surface area contributed by atoms with E-state index < -0.39 is 10.1 Å². The van der Waals surface area contributed by atoms with E-state index in [4.69, 9.17) is 17.7 Å². The van der Waals surface area contributed by atoms with Crippen molar-refractivity contribution in [3.63, 3.8) is 0 Å². The maximum atomic E-state index is 12.0. The van der Waals surface area contributed by atoms with Crippen LogP contribution in [0.3, 0.4) is 0 Å². The van der Waals surface area contributed by atoms with Gasteiger partial charge in [0.1, 0.15) is 12.1 Å². The molecule has 0 saturated carbocycles. The fraction of sp³-hybridized carbons (Fsp3) is 0.368. The number of carbonyl (C=O) groups excluding carboxylic acids is 1. The summed E-state index contributed by atoms with van der Waals surface area (Å²) in [4.78, 5) is 12.0. The number of esters is 1. The number of hydrogen-bond donors (Lipinski definition) is 0. The SMILES string of the molecule is CCOC(=O)/C1=C/C(C)=C\CC[N+](Cc2ccccc2)=C1.CS(=O)(=O)[O-]. The van der Waals surface area contributed by atoms with Gasteiger partial charge in [-0.05, 0) is 19.9 Å². The van der Waals surface area contributed by atoms with E-state index in [0.717, 1.165) is 25.1 Å². The molecule has 0 atom stereocenters. The Morgan fingerprint density at radius 2 is 1.88 bits per heavy atom. The highest BCUT2D eigenvalue weighted by Gasteiger charge is 2.16. The summed E-state index contributed by atoms with van der Waals surface area (Å²) in [5.74, 6) is -0.259. The Hall–Kier alpha value is -2.25. The molecule has 2 rings (SSSR count). The van der Waals surface area contributed by atoms with Crippen molar-refractivity contribution in [3.8, 4) is 0 Å². The van der Waals surface area contributed by atoms with Crippen LogP contribution in [0.4, 0.5) is 0 Å². The summed E-state index contributed by atoms with van der Waals surface area (Å²) in [6, 6.07) is 10.3. The average molecular weight is 379 g/mol. The van der Waals surface area contributed by atoms with E-state index in [-0.39, 0.29) is 5.97 Å². The van der Waals surface area contributed by atoms with Crippen LogP contribution in [-0.4, -0.2) is 49.1 Å². The summed E-state index contributed by atoms with van der Waals surface area (Å²) in [6.07, 6.45) is 7.55. The van der Waals surface area contributed by atoms with Gasteiger partial charge in [0.15, 0.2) is 12.8 Å². The number of ether oxygens (including phenoxy) is 1. The van der Waals surface area contributed by atoms with Gasteiger partial charge in [-0.1, -0.05) is 42.0 Å². The summed E-state index contributed by atoms with van der Waals surface area (Å²) in [5.41, 5.74) is 2.95. The number of benzene rings is 1. The van der Waals surface area contributed by atoms with Crippen LogP contribution in [0.5, 0.6) is 0 Å². The Morgan fingerprint density at radius 3 is 2.46 bits per heavy atom. The van der Waals surface area contributed by atoms with E-state index in [9.17, 15) is 4.79 Å². The molecule has 1 aromatic carbocycles. The Morgan fingerprint density at radius 1 is 1.27 bits per heavy atom. The van der Waals surface area contributed by atoms with Gasteiger partial charge in [-0.3, -0.25) is 0 Å². The number of nitrogens with zero attached hydrogens (tertiary/aromatic N) is 1. The van der Waals surface area contributed by atoms with Gasteiger partial charge < -0.3 is 9.29 Å². The predicted octanol–water partition coefficient (Wildman–Crippen LogP) is 2.27. The van der Waals surface area contributed by atoms with Crippen LogP contribution in [0.1, 0.15) is 25.8 Å². The second-order valence-corrected chi connectivity index (χ2v) is 7.25. The summed E-state index contributed by atoms with van der Waals surface area (Å²) in [5, 5.41) is 0. The van der Waals surface area contributed by atoms with Crippen LogP contribution in [0.2, 0.25) is 0 Å². The van der Waals surface area contributed by atoms with E-state index in [1.165, 1.54) is 5.56 Å². The Kier molecular flexibility index (Phi) is 8.95. The second-order valence-electron chi connectivity index (χ2n) is 5.85. The lowest BCUT2D eigenvalue weighted by atomic mass is 10.1. The van der Waals surface area contributed by atoms with Gasteiger partial charge in [0.05, 0.1) is 16.7 Å². The molecule has 0 amide bonds. The van der Waals surface area contributed by atoms with E-state index >= 15 is 0 Å². The fourth-order valence-electron chi connectivity index (χ4n) is 2.33. The van der Waals surface area contributed by atoms with Crippen molar-refractivity contribution in [2.75, 3.05) is 19.4 Å². The van der Waals surface area contributed by atoms with Crippen LogP contribution in [0.25, 0.3) is 0 Å². The maximum Gasteiger partial charge on any atom is 0.344 e. The second kappa shape index (κ2) is 10.7. The lowest BCUT2D eigenvalue weighted by Crippen LogP contribution is -2.20. The van der Waals surface area contributed by atoms with Crippen molar-refractivity contribution < 1.29 is 27.1 Å². The third kappa shape index (κ3) is 9.90. The molecule has 1 aliphatic heterocycles. The lowest BCUT2D eigenvalue weighted by Gasteiger charge is -2.08. The zero-order valence-electron chi connectivity index (χ0n) is 15.3. The Labute approximate surface area is 155 Å². The van der Waals surface area contributed by atoms with Crippen molar-refractivity contribution in [2.24, 2.45) is 0 Å². The first-order valence-corrected chi connectivity index (χ1v) is 10.1. The number of rotatable bonds is 4. The molecular weight excluding hydrogens is 354 g/mol. The third-order valence-corrected chi connectivity index (χ3v) is 3.33. The molecule has 0 aromatic heterocycles. The highest BCUT2D eigenvalue weighted by atomic mass is 32.2. The largest absolute Gasteiger partial charge is 0.748 e. The van der Waals surface area contributed by atoms with E-state index in [1.807, 2.05) is 44.3 Å². The minimum Gasteiger partial charge on any atom is -0.748 e. The molecule has 0 N–H and O–H groups in total. The van der Waals surface area contributed by atoms with E-state index in [2.05, 4.69) is 22.8 Å². The van der Waals surface area contributed by atoms with Crippen molar-refractivity contribution in [1.82, 2.24) is 0 Å². The molecule has 0 bridgehead atoms. The van der Waals surface area contributed by atoms with Gasteiger partial charge in [0.2, 0.25) is 0 Å². The van der Waals surface area contributed by atoms with Gasteiger partial charge in [0, 0.05) is 18.2 Å². The van der Waals surface area contributed by atoms with E-state index in [1.54, 1.807) is 0 Å². The minimum absolute atomic E-state index is 0.259. The van der Waals surface area contributed by atoms with Gasteiger partial charge in [-0.15, -0.1) is 0 Å². The standard InChI is InChI=1S/C18H22NO2.CH4O3S/c1-3-21-18(20)17-12-15(2)8-7-11-19(14-17)13-16-9-5-4-6-10-16;1-5(2,3)4/h4-6,8-10,12,14H,3,7,11,13H2,1-2H3;1H3,(H,2,3,4)/q+1;/p-1/b15-8-,17-12+,19-14?;. The number of hydrogen-bond acceptors (Lipinski definition) is 5. The molecule has 1 heterocycles. The molecule has 142 valence electrons. The maximum absolute atomic E-state index is 12.0. The molecule has 0 fully saturated rings. The molecule has 6 nitrogen and oxygen atoms in total. The molecule has 1 aromatic rings. The normalized spacial score (nSPS) is 18.5. The molecule has 0 spiro atoms. The first-order chi connectivity index (χ1) is 12.2. The molecule has 26 heavy (non-hydrogen) atoms. The monoisotopic (exact) mass is 379 g/mol. The van der Waals surface area contributed by atoms with Crippen LogP contribution >= 0.6 is 0 Å². The van der Waals surface area contributed by atoms with Gasteiger partial charge >= 0.3 is 5.97 Å². The molecule has 7 heteroatoms. The highest BCUT2D eigenvalue weighted by molar-refractivity contribution is 7.84. The lowest BCUT2D eigenvalue weighted by molar-refractivity contribution is -0.538. The molecule has 0 aliphatic carbocycles. The minimum atomic E-state index is -3.92. The van der Waals surface area contributed by atoms with Gasteiger partial charge in [-0.25, -0.2) is 17.8 Å². The zero-order chi connectivity index (χ0) is 19.6. The first kappa shape index (κ1) is 21.8. The van der Waals surface area contributed by atoms with Crippen LogP contribution in [0.15, 0.2) is 53.6 Å². The molecule has 0 saturated heterocycles. The summed E-state index contributed by atoms with van der Waals surface area (Å²) >= 11 is 0. The zero-order valence-corrected chi connectivity index (χ0v) is 16.2. The van der Waals surface area contributed by atoms with Gasteiger partial charge in [-0.2, -0.15) is 0 Å². The Bertz CT molecular complexity index is 784. The average Bonchev–Trinajstić information content (AvgIpc) is 2.51. The topological polar surface area (TPSA) is 86.5 Å². The Balaban J connectivity index is 0.000000597. The highest BCUT2D eigenvalue weighted by Crippen LogP contribution is 2.09. The van der Waals surface area contributed by atoms with Crippen molar-refractivity contribution >= 4 is 22.3 Å². The summed E-state index contributed by atoms with van der Waals surface area (Å²) < 4.78 is 34.5. The molecule has 0 unspecified atom stereocenters. The summed E-state index contributed by atoms with van der Waals surface area (Å²) in [6.45, 7) is 5.92. The smallest absolute Gasteiger partial charge is 0.344 e. The molecular formula is C19H25NO5S. The molecule has 0 radical (unpaired) electrons. The number of carbonyl (C=O) groups is 1. The summed E-state index contributed by atoms with van der Waals surface area (Å²) in [7, 11) is -3.92. The third-order valence-electron chi connectivity index (χ3n) is 3.33. The van der Waals surface area contributed by atoms with Crippen LogP contribution in [-0.2, 0) is 26.2 Å². The van der Waals surface area contributed by atoms with Crippen molar-refractivity contribution in [2.45, 2.75) is 26.8 Å². The first-order valence-electron chi connectivity index (χ1n) is 8.28. The van der Waals surface area contributed by atoms with E-state index in [0.29, 0.717) is 18.4 Å². The van der Waals surface area contributed by atoms with Crippen molar-refractivity contribution in [3.05, 3.63) is 59.2 Å². The predicted molar refractivity (Wildman–Crippen MR) is 100 cm³/mol. The van der Waals surface area contributed by atoms with Crippen LogP contribution in [0, 0.1) is 0 Å². The number of allylic oxidation sites excluding steroid dienone is 2. The molecule has 1 aliphatic rings. The van der Waals surface area contributed by atoms with Crippen LogP contribution < -0.4 is 0 Å².